The average Bonchev–Trinajstić information content (AvgIpc) is 3.52. The van der Waals surface area contributed by atoms with Gasteiger partial charge in [0.1, 0.15) is 18.7 Å². The molecule has 0 fully saturated rings. The van der Waals surface area contributed by atoms with Gasteiger partial charge in [-0.05, 0) is 64.4 Å². The molecule has 0 aromatic heterocycles. The van der Waals surface area contributed by atoms with Crippen LogP contribution in [0.1, 0.15) is 34.6 Å². The number of ether oxygens (including phenoxy) is 1. The number of rotatable bonds is 5. The Bertz CT molecular complexity index is 1740. The molecule has 3 amide bonds. The van der Waals surface area contributed by atoms with Gasteiger partial charge in [-0.1, -0.05) is 82.7 Å². The number of para-hydroxylation sites is 1. The summed E-state index contributed by atoms with van der Waals surface area (Å²) in [7, 11) is 0. The third-order valence-corrected chi connectivity index (χ3v) is 9.11. The van der Waals surface area contributed by atoms with E-state index in [1.165, 1.54) is 0 Å². The van der Waals surface area contributed by atoms with Crippen LogP contribution in [-0.4, -0.2) is 36.6 Å². The van der Waals surface area contributed by atoms with Crippen LogP contribution in [0.2, 0.25) is 0 Å². The maximum Gasteiger partial charge on any atom is 0.407 e. The molecule has 0 saturated heterocycles. The fraction of sp³-hybridized carbons (Fsp3) is 0.206. The third-order valence-electron chi connectivity index (χ3n) is 8.62. The monoisotopic (exact) mass is 636 g/mol. The van der Waals surface area contributed by atoms with Crippen molar-refractivity contribution >= 4 is 50.9 Å². The van der Waals surface area contributed by atoms with E-state index in [2.05, 4.69) is 50.8 Å². The van der Waals surface area contributed by atoms with Crippen LogP contribution in [0.25, 0.3) is 11.1 Å². The molecule has 9 heteroatoms. The first-order valence-electron chi connectivity index (χ1n) is 14.3. The Kier molecular flexibility index (Phi) is 6.89. The van der Waals surface area contributed by atoms with Crippen LogP contribution in [0, 0.1) is 0 Å². The van der Waals surface area contributed by atoms with Crippen LogP contribution in [0.4, 0.5) is 21.9 Å². The van der Waals surface area contributed by atoms with E-state index in [1.54, 1.807) is 23.1 Å². The van der Waals surface area contributed by atoms with E-state index in [0.717, 1.165) is 43.5 Å². The Labute approximate surface area is 257 Å². The van der Waals surface area contributed by atoms with Crippen LogP contribution in [0.15, 0.2) is 89.4 Å². The number of benzene rings is 4. The lowest BCUT2D eigenvalue weighted by molar-refractivity contribution is -0.124. The molecule has 8 nitrogen and oxygen atoms in total. The number of fused-ring (bicyclic) bond motifs is 3. The molecule has 2 heterocycles. The van der Waals surface area contributed by atoms with Gasteiger partial charge in [0.2, 0.25) is 11.8 Å². The highest BCUT2D eigenvalue weighted by molar-refractivity contribution is 9.10. The molecule has 7 rings (SSSR count). The summed E-state index contributed by atoms with van der Waals surface area (Å²) in [4.78, 5) is 42.3. The summed E-state index contributed by atoms with van der Waals surface area (Å²) in [6.45, 7) is 0.147. The largest absolute Gasteiger partial charge is 0.449 e. The number of halogens is 1. The Morgan fingerprint density at radius 2 is 1.63 bits per heavy atom. The molecule has 0 unspecified atom stereocenters. The third kappa shape index (κ3) is 4.83. The van der Waals surface area contributed by atoms with Gasteiger partial charge in [-0.2, -0.15) is 0 Å². The summed E-state index contributed by atoms with van der Waals surface area (Å²) in [6.07, 6.45) is 0.682. The zero-order valence-corrected chi connectivity index (χ0v) is 24.8. The summed E-state index contributed by atoms with van der Waals surface area (Å²) >= 11 is 3.38. The molecule has 43 heavy (non-hydrogen) atoms. The van der Waals surface area contributed by atoms with Gasteiger partial charge in [0, 0.05) is 16.8 Å². The van der Waals surface area contributed by atoms with Gasteiger partial charge in [-0.3, -0.25) is 14.5 Å². The van der Waals surface area contributed by atoms with Crippen molar-refractivity contribution in [3.63, 3.8) is 0 Å². The van der Waals surface area contributed by atoms with E-state index in [0.29, 0.717) is 30.6 Å². The van der Waals surface area contributed by atoms with Gasteiger partial charge in [0.15, 0.2) is 0 Å². The number of anilines is 3. The van der Waals surface area contributed by atoms with Gasteiger partial charge in [-0.15, -0.1) is 0 Å². The number of nitrogen functional groups attached to an aromatic ring is 1. The lowest BCUT2D eigenvalue weighted by Gasteiger charge is -2.28. The molecule has 4 aromatic carbocycles. The van der Waals surface area contributed by atoms with Gasteiger partial charge < -0.3 is 21.1 Å². The minimum absolute atomic E-state index is 0.0903. The fourth-order valence-electron chi connectivity index (χ4n) is 6.62. The highest BCUT2D eigenvalue weighted by atomic mass is 79.9. The summed E-state index contributed by atoms with van der Waals surface area (Å²) in [5, 5.41) is 5.71. The van der Waals surface area contributed by atoms with E-state index in [1.807, 2.05) is 42.5 Å². The molecule has 4 aromatic rings. The van der Waals surface area contributed by atoms with E-state index in [9.17, 15) is 14.4 Å². The number of hydrogen-bond donors (Lipinski definition) is 3. The van der Waals surface area contributed by atoms with Crippen LogP contribution in [0.5, 0.6) is 0 Å². The molecule has 216 valence electrons. The number of nitrogens with zero attached hydrogens (tertiary/aromatic N) is 1. The molecule has 2 atom stereocenters. The second-order valence-electron chi connectivity index (χ2n) is 11.1. The van der Waals surface area contributed by atoms with Crippen molar-refractivity contribution in [2.24, 2.45) is 0 Å². The van der Waals surface area contributed by atoms with Crippen molar-refractivity contribution in [1.29, 1.82) is 0 Å². The zero-order valence-electron chi connectivity index (χ0n) is 23.2. The molecule has 0 saturated carbocycles. The van der Waals surface area contributed by atoms with Gasteiger partial charge in [0.25, 0.3) is 0 Å². The zero-order chi connectivity index (χ0) is 29.7. The summed E-state index contributed by atoms with van der Waals surface area (Å²) in [5.74, 6) is -0.764. The second kappa shape index (κ2) is 10.9. The van der Waals surface area contributed by atoms with Crippen molar-refractivity contribution in [3.8, 4) is 11.1 Å². The Balaban J connectivity index is 1.09. The minimum atomic E-state index is -0.845. The van der Waals surface area contributed by atoms with E-state index < -0.39 is 18.2 Å². The first kappa shape index (κ1) is 27.2. The lowest BCUT2D eigenvalue weighted by atomic mass is 9.98. The summed E-state index contributed by atoms with van der Waals surface area (Å²) in [6, 6.07) is 25.7. The predicted octanol–water partition coefficient (Wildman–Crippen LogP) is 5.78. The van der Waals surface area contributed by atoms with E-state index >= 15 is 0 Å². The van der Waals surface area contributed by atoms with E-state index in [-0.39, 0.29) is 24.3 Å². The first-order chi connectivity index (χ1) is 20.9. The lowest BCUT2D eigenvalue weighted by Crippen LogP contribution is -2.53. The first-order valence-corrected chi connectivity index (χ1v) is 15.1. The predicted molar refractivity (Wildman–Crippen MR) is 169 cm³/mol. The maximum absolute atomic E-state index is 14.0. The van der Waals surface area contributed by atoms with Crippen LogP contribution >= 0.6 is 15.9 Å². The molecular formula is C34H29BrN4O4. The number of carbonyl (C=O) groups excluding carboxylic acids is 3. The van der Waals surface area contributed by atoms with Crippen molar-refractivity contribution < 1.29 is 19.1 Å². The molecule has 3 aliphatic rings. The standard InChI is InChI=1S/C34H29BrN4O4/c35-21-13-15-28(27(36)17-21)37-32(40)30-16-20-7-5-6-19-12-14-29(33(41)39(30)31(19)20)38-34(42)43-18-26-24-10-3-1-8-22(24)23-9-2-4-11-25(23)26/h1-11,13,15,17,26,29-30H,12,14,16,18,36H2,(H,37,40)(H,38,42)/t29-,30-/m0/s1. The molecule has 0 spiro atoms. The quantitative estimate of drug-likeness (QED) is 0.240. The molecule has 2 aliphatic heterocycles. The Morgan fingerprint density at radius 1 is 0.930 bits per heavy atom. The number of aryl methyl sites for hydroxylation is 1. The number of hydrogen-bond acceptors (Lipinski definition) is 5. The van der Waals surface area contributed by atoms with Crippen LogP contribution < -0.4 is 21.3 Å². The van der Waals surface area contributed by atoms with Gasteiger partial charge >= 0.3 is 6.09 Å². The van der Waals surface area contributed by atoms with Crippen LogP contribution in [-0.2, 0) is 27.2 Å². The average molecular weight is 638 g/mol. The normalized spacial score (nSPS) is 18.3. The Morgan fingerprint density at radius 3 is 2.35 bits per heavy atom. The molecule has 4 N–H and O–H groups in total. The van der Waals surface area contributed by atoms with Crippen molar-refractivity contribution in [2.45, 2.75) is 37.3 Å². The topological polar surface area (TPSA) is 114 Å². The number of amides is 3. The van der Waals surface area contributed by atoms with Crippen molar-refractivity contribution in [1.82, 2.24) is 5.32 Å². The molecule has 0 radical (unpaired) electrons. The summed E-state index contributed by atoms with van der Waals surface area (Å²) < 4.78 is 6.55. The second-order valence-corrected chi connectivity index (χ2v) is 12.1. The van der Waals surface area contributed by atoms with Crippen LogP contribution in [0.3, 0.4) is 0 Å². The van der Waals surface area contributed by atoms with Gasteiger partial charge in [-0.25, -0.2) is 4.79 Å². The molecular weight excluding hydrogens is 608 g/mol. The summed E-state index contributed by atoms with van der Waals surface area (Å²) in [5.41, 5.74) is 14.2. The fourth-order valence-corrected chi connectivity index (χ4v) is 7.00. The Hall–Kier alpha value is -4.63. The minimum Gasteiger partial charge on any atom is -0.449 e. The number of nitrogens with one attached hydrogen (secondary N) is 2. The molecule has 0 bridgehead atoms. The highest BCUT2D eigenvalue weighted by Crippen LogP contribution is 2.44. The number of alkyl carbamates (subject to hydrolysis) is 1. The van der Waals surface area contributed by atoms with Crippen molar-refractivity contribution in [3.05, 3.63) is 112 Å². The number of nitrogens with two attached hydrogens (primary N) is 1. The highest BCUT2D eigenvalue weighted by Gasteiger charge is 2.44. The SMILES string of the molecule is Nc1cc(Br)ccc1NC(=O)[C@@H]1Cc2cccc3c2N1C(=O)[C@@H](NC(=O)OCC1c2ccccc2-c2ccccc21)CC3. The maximum atomic E-state index is 14.0. The smallest absolute Gasteiger partial charge is 0.407 e. The molecule has 1 aliphatic carbocycles. The van der Waals surface area contributed by atoms with Gasteiger partial charge in [0.05, 0.1) is 17.1 Å². The van der Waals surface area contributed by atoms with Crippen molar-refractivity contribution in [2.75, 3.05) is 22.6 Å². The number of carbonyl (C=O) groups is 3. The van der Waals surface area contributed by atoms with E-state index in [4.69, 9.17) is 10.5 Å².